The predicted octanol–water partition coefficient (Wildman–Crippen LogP) is 3.82. The molecule has 3 rings (SSSR count). The fourth-order valence-corrected chi connectivity index (χ4v) is 3.18. The number of carbonyl (C=O) groups is 2. The third kappa shape index (κ3) is 5.93. The number of amides is 2. The van der Waals surface area contributed by atoms with Crippen LogP contribution < -0.4 is 10.6 Å². The Labute approximate surface area is 179 Å². The van der Waals surface area contributed by atoms with Crippen LogP contribution in [0.5, 0.6) is 0 Å². The van der Waals surface area contributed by atoms with Crippen LogP contribution in [0.3, 0.4) is 0 Å². The van der Waals surface area contributed by atoms with Crippen LogP contribution in [0.2, 0.25) is 5.02 Å². The molecule has 9 heteroatoms. The van der Waals surface area contributed by atoms with Gasteiger partial charge in [0, 0.05) is 24.5 Å². The SMILES string of the molecule is CC(C)CC(NC(=O)CCc1ncc(-c2ccccc2Cl)o1)C(=O)Nc1ccn[nH]1. The van der Waals surface area contributed by atoms with Crippen molar-refractivity contribution in [2.45, 2.75) is 39.2 Å². The Morgan fingerprint density at radius 1 is 1.23 bits per heavy atom. The highest BCUT2D eigenvalue weighted by atomic mass is 35.5. The number of rotatable bonds is 9. The number of aryl methyl sites for hydroxylation is 1. The maximum Gasteiger partial charge on any atom is 0.248 e. The minimum absolute atomic E-state index is 0.147. The number of carbonyl (C=O) groups excluding carboxylic acids is 2. The second-order valence-corrected chi connectivity index (χ2v) is 7.71. The lowest BCUT2D eigenvalue weighted by Gasteiger charge is -2.19. The molecule has 30 heavy (non-hydrogen) atoms. The number of H-pyrrole nitrogens is 1. The Kier molecular flexibility index (Phi) is 7.24. The van der Waals surface area contributed by atoms with Gasteiger partial charge < -0.3 is 15.1 Å². The number of nitrogens with one attached hydrogen (secondary N) is 3. The van der Waals surface area contributed by atoms with Crippen LogP contribution in [0, 0.1) is 5.92 Å². The van der Waals surface area contributed by atoms with Crippen molar-refractivity contribution in [2.75, 3.05) is 5.32 Å². The topological polar surface area (TPSA) is 113 Å². The van der Waals surface area contributed by atoms with Gasteiger partial charge in [-0.15, -0.1) is 0 Å². The second kappa shape index (κ2) is 10.1. The van der Waals surface area contributed by atoms with Crippen molar-refractivity contribution in [1.82, 2.24) is 20.5 Å². The molecule has 0 bridgehead atoms. The molecule has 3 aromatic rings. The molecular weight excluding hydrogens is 406 g/mol. The van der Waals surface area contributed by atoms with Crippen molar-refractivity contribution in [3.63, 3.8) is 0 Å². The molecule has 0 saturated heterocycles. The highest BCUT2D eigenvalue weighted by Crippen LogP contribution is 2.28. The van der Waals surface area contributed by atoms with Crippen LogP contribution in [-0.4, -0.2) is 33.0 Å². The molecule has 1 atom stereocenters. The quantitative estimate of drug-likeness (QED) is 0.478. The highest BCUT2D eigenvalue weighted by Gasteiger charge is 2.22. The zero-order chi connectivity index (χ0) is 21.5. The van der Waals surface area contributed by atoms with Crippen molar-refractivity contribution in [1.29, 1.82) is 0 Å². The smallest absolute Gasteiger partial charge is 0.248 e. The van der Waals surface area contributed by atoms with Crippen molar-refractivity contribution in [3.05, 3.63) is 53.6 Å². The zero-order valence-corrected chi connectivity index (χ0v) is 17.6. The van der Waals surface area contributed by atoms with E-state index >= 15 is 0 Å². The minimum atomic E-state index is -0.649. The van der Waals surface area contributed by atoms with E-state index < -0.39 is 6.04 Å². The number of aromatic nitrogens is 3. The molecule has 2 heterocycles. The molecule has 0 spiro atoms. The van der Waals surface area contributed by atoms with E-state index in [-0.39, 0.29) is 24.2 Å². The Hall–Kier alpha value is -3.13. The Morgan fingerprint density at radius 2 is 2.03 bits per heavy atom. The molecule has 3 N–H and O–H groups in total. The summed E-state index contributed by atoms with van der Waals surface area (Å²) in [5.41, 5.74) is 0.745. The van der Waals surface area contributed by atoms with Gasteiger partial charge in [0.25, 0.3) is 0 Å². The third-order valence-electron chi connectivity index (χ3n) is 4.38. The molecule has 0 aliphatic carbocycles. The van der Waals surface area contributed by atoms with E-state index in [1.807, 2.05) is 32.0 Å². The van der Waals surface area contributed by atoms with Gasteiger partial charge in [0.2, 0.25) is 11.8 Å². The Morgan fingerprint density at radius 3 is 2.73 bits per heavy atom. The number of aromatic amines is 1. The molecule has 0 aliphatic heterocycles. The summed E-state index contributed by atoms with van der Waals surface area (Å²) in [6.45, 7) is 3.98. The van der Waals surface area contributed by atoms with Gasteiger partial charge in [-0.2, -0.15) is 5.10 Å². The van der Waals surface area contributed by atoms with Crippen LogP contribution in [-0.2, 0) is 16.0 Å². The van der Waals surface area contributed by atoms with Gasteiger partial charge >= 0.3 is 0 Å². The normalized spacial score (nSPS) is 12.0. The number of halogens is 1. The number of nitrogens with zero attached hydrogens (tertiary/aromatic N) is 2. The summed E-state index contributed by atoms with van der Waals surface area (Å²) in [4.78, 5) is 29.2. The van der Waals surface area contributed by atoms with Gasteiger partial charge in [0.1, 0.15) is 11.9 Å². The standard InChI is InChI=1S/C21H24ClN5O3/c1-13(2)11-16(21(29)26-18-9-10-24-27-18)25-19(28)7-8-20-23-12-17(30-20)14-5-3-4-6-15(14)22/h3-6,9-10,12-13,16H,7-8,11H2,1-2H3,(H,25,28)(H2,24,26,27,29). The van der Waals surface area contributed by atoms with Gasteiger partial charge in [0.05, 0.1) is 17.4 Å². The van der Waals surface area contributed by atoms with Gasteiger partial charge in [-0.05, 0) is 24.5 Å². The van der Waals surface area contributed by atoms with Crippen molar-refractivity contribution >= 4 is 29.2 Å². The molecule has 0 saturated carbocycles. The molecule has 2 aromatic heterocycles. The summed E-state index contributed by atoms with van der Waals surface area (Å²) < 4.78 is 5.72. The molecule has 158 valence electrons. The van der Waals surface area contributed by atoms with Crippen molar-refractivity contribution in [3.8, 4) is 11.3 Å². The van der Waals surface area contributed by atoms with Gasteiger partial charge in [0.15, 0.2) is 11.7 Å². The van der Waals surface area contributed by atoms with E-state index in [0.717, 1.165) is 5.56 Å². The summed E-state index contributed by atoms with van der Waals surface area (Å²) in [5.74, 6) is 1.15. The number of hydrogen-bond donors (Lipinski definition) is 3. The zero-order valence-electron chi connectivity index (χ0n) is 16.8. The van der Waals surface area contributed by atoms with Crippen LogP contribution in [0.4, 0.5) is 5.82 Å². The van der Waals surface area contributed by atoms with E-state index in [1.54, 1.807) is 24.5 Å². The van der Waals surface area contributed by atoms with Crippen LogP contribution >= 0.6 is 11.6 Å². The van der Waals surface area contributed by atoms with Crippen molar-refractivity contribution < 1.29 is 14.0 Å². The highest BCUT2D eigenvalue weighted by molar-refractivity contribution is 6.33. The summed E-state index contributed by atoms with van der Waals surface area (Å²) in [6.07, 6.45) is 4.11. The van der Waals surface area contributed by atoms with E-state index in [2.05, 4.69) is 25.8 Å². The first-order valence-corrected chi connectivity index (χ1v) is 10.1. The van der Waals surface area contributed by atoms with Crippen LogP contribution in [0.25, 0.3) is 11.3 Å². The number of benzene rings is 1. The summed E-state index contributed by atoms with van der Waals surface area (Å²) in [7, 11) is 0. The lowest BCUT2D eigenvalue weighted by Crippen LogP contribution is -2.44. The van der Waals surface area contributed by atoms with Crippen molar-refractivity contribution in [2.24, 2.45) is 5.92 Å². The van der Waals surface area contributed by atoms with E-state index in [4.69, 9.17) is 16.0 Å². The number of hydrogen-bond acceptors (Lipinski definition) is 5. The average Bonchev–Trinajstić information content (AvgIpc) is 3.38. The summed E-state index contributed by atoms with van der Waals surface area (Å²) in [5, 5.41) is 12.6. The maximum atomic E-state index is 12.5. The monoisotopic (exact) mass is 429 g/mol. The molecule has 1 unspecified atom stereocenters. The summed E-state index contributed by atoms with van der Waals surface area (Å²) in [6, 6.07) is 8.31. The van der Waals surface area contributed by atoms with E-state index in [1.165, 1.54) is 0 Å². The van der Waals surface area contributed by atoms with Gasteiger partial charge in [-0.3, -0.25) is 14.7 Å². The first-order valence-electron chi connectivity index (χ1n) is 9.71. The molecule has 8 nitrogen and oxygen atoms in total. The Balaban J connectivity index is 1.56. The fraction of sp³-hybridized carbons (Fsp3) is 0.333. The van der Waals surface area contributed by atoms with Gasteiger partial charge in [-0.1, -0.05) is 37.6 Å². The average molecular weight is 430 g/mol. The first kappa shape index (κ1) is 21.6. The first-order chi connectivity index (χ1) is 14.4. The maximum absolute atomic E-state index is 12.5. The second-order valence-electron chi connectivity index (χ2n) is 7.31. The van der Waals surface area contributed by atoms with E-state index in [0.29, 0.717) is 35.3 Å². The molecule has 0 radical (unpaired) electrons. The fourth-order valence-electron chi connectivity index (χ4n) is 2.95. The molecule has 0 aliphatic rings. The molecule has 0 fully saturated rings. The number of anilines is 1. The molecule has 2 amide bonds. The lowest BCUT2D eigenvalue weighted by molar-refractivity contribution is -0.126. The minimum Gasteiger partial charge on any atom is -0.441 e. The predicted molar refractivity (Wildman–Crippen MR) is 114 cm³/mol. The largest absolute Gasteiger partial charge is 0.441 e. The third-order valence-corrected chi connectivity index (χ3v) is 4.71. The lowest BCUT2D eigenvalue weighted by atomic mass is 10.0. The van der Waals surface area contributed by atoms with Crippen LogP contribution in [0.1, 0.15) is 32.6 Å². The van der Waals surface area contributed by atoms with E-state index in [9.17, 15) is 9.59 Å². The van der Waals surface area contributed by atoms with Crippen LogP contribution in [0.15, 0.2) is 47.1 Å². The molecule has 1 aromatic carbocycles. The summed E-state index contributed by atoms with van der Waals surface area (Å²) >= 11 is 6.18. The number of oxazole rings is 1. The van der Waals surface area contributed by atoms with Gasteiger partial charge in [-0.25, -0.2) is 4.98 Å². The Bertz CT molecular complexity index is 984. The molecular formula is C21H24ClN5O3.